The number of nitrogen functional groups attached to an aromatic ring is 1. The Labute approximate surface area is 210 Å². The standard InChI is InChI=1S/C22H21N7O7S/c1-12(30)25-14-4-2-13(3-5-14)20-16(10-23)21(24)28-22(27-20)29(37(34,35)36)11-15-6-8-18(31)17(26-15)7-9-19(32)33/h2-6,8,31H,7,9,11H2,1H3,(H,25,30)(H,32,33)(H2,24,27,28)(H,34,35,36). The van der Waals surface area contributed by atoms with Gasteiger partial charge in [-0.15, -0.1) is 0 Å². The van der Waals surface area contributed by atoms with Crippen LogP contribution < -0.4 is 15.4 Å². The molecule has 192 valence electrons. The lowest BCUT2D eigenvalue weighted by molar-refractivity contribution is -0.137. The van der Waals surface area contributed by atoms with Crippen LogP contribution in [0.15, 0.2) is 36.4 Å². The molecule has 0 aliphatic heterocycles. The highest BCUT2D eigenvalue weighted by Gasteiger charge is 2.27. The maximum absolute atomic E-state index is 12.3. The lowest BCUT2D eigenvalue weighted by atomic mass is 10.1. The quantitative estimate of drug-likeness (QED) is 0.249. The topological polar surface area (TPSA) is 233 Å². The zero-order valence-electron chi connectivity index (χ0n) is 19.3. The molecule has 0 aliphatic carbocycles. The van der Waals surface area contributed by atoms with Crippen LogP contribution in [0.2, 0.25) is 0 Å². The molecule has 0 bridgehead atoms. The first-order valence-corrected chi connectivity index (χ1v) is 11.9. The molecule has 3 aromatic rings. The van der Waals surface area contributed by atoms with Crippen LogP contribution in [0, 0.1) is 11.3 Å². The van der Waals surface area contributed by atoms with Gasteiger partial charge in [0.25, 0.3) is 0 Å². The number of carbonyl (C=O) groups excluding carboxylic acids is 1. The molecule has 15 heteroatoms. The predicted molar refractivity (Wildman–Crippen MR) is 130 cm³/mol. The van der Waals surface area contributed by atoms with Crippen molar-refractivity contribution in [2.24, 2.45) is 0 Å². The Morgan fingerprint density at radius 2 is 1.81 bits per heavy atom. The molecule has 6 N–H and O–H groups in total. The Morgan fingerprint density at radius 3 is 2.38 bits per heavy atom. The Kier molecular flexibility index (Phi) is 7.85. The van der Waals surface area contributed by atoms with Gasteiger partial charge in [0.05, 0.1) is 30.0 Å². The molecule has 0 saturated heterocycles. The molecule has 1 amide bonds. The second-order valence-electron chi connectivity index (χ2n) is 7.65. The summed E-state index contributed by atoms with van der Waals surface area (Å²) in [6, 6.07) is 10.5. The van der Waals surface area contributed by atoms with Crippen molar-refractivity contribution >= 4 is 39.6 Å². The molecule has 2 aromatic heterocycles. The number of carbonyl (C=O) groups is 2. The van der Waals surface area contributed by atoms with Crippen molar-refractivity contribution in [3.8, 4) is 23.1 Å². The van der Waals surface area contributed by atoms with Crippen molar-refractivity contribution in [2.45, 2.75) is 26.3 Å². The number of nitrogens with one attached hydrogen (secondary N) is 1. The van der Waals surface area contributed by atoms with Crippen LogP contribution in [0.5, 0.6) is 5.75 Å². The normalized spacial score (nSPS) is 10.9. The van der Waals surface area contributed by atoms with Gasteiger partial charge in [-0.1, -0.05) is 12.1 Å². The summed E-state index contributed by atoms with van der Waals surface area (Å²) in [5, 5.41) is 31.0. The first-order chi connectivity index (χ1) is 17.4. The maximum Gasteiger partial charge on any atom is 0.362 e. The molecule has 0 unspecified atom stereocenters. The summed E-state index contributed by atoms with van der Waals surface area (Å²) in [7, 11) is -4.99. The van der Waals surface area contributed by atoms with Gasteiger partial charge >= 0.3 is 16.3 Å². The van der Waals surface area contributed by atoms with Crippen molar-refractivity contribution in [2.75, 3.05) is 15.4 Å². The van der Waals surface area contributed by atoms with E-state index in [-0.39, 0.29) is 53.0 Å². The van der Waals surface area contributed by atoms with Gasteiger partial charge in [0.1, 0.15) is 23.2 Å². The Morgan fingerprint density at radius 1 is 1.14 bits per heavy atom. The van der Waals surface area contributed by atoms with Crippen LogP contribution in [0.3, 0.4) is 0 Å². The maximum atomic E-state index is 12.3. The smallest absolute Gasteiger partial charge is 0.362 e. The fraction of sp³-hybridized carbons (Fsp3) is 0.182. The van der Waals surface area contributed by atoms with Gasteiger partial charge in [-0.3, -0.25) is 19.1 Å². The number of anilines is 3. The second kappa shape index (κ2) is 10.8. The highest BCUT2D eigenvalue weighted by molar-refractivity contribution is 7.87. The van der Waals surface area contributed by atoms with Crippen molar-refractivity contribution in [3.05, 3.63) is 53.3 Å². The molecule has 0 saturated carbocycles. The van der Waals surface area contributed by atoms with Gasteiger partial charge in [0.2, 0.25) is 11.9 Å². The average molecular weight is 528 g/mol. The number of aliphatic carboxylic acids is 1. The molecular weight excluding hydrogens is 506 g/mol. The van der Waals surface area contributed by atoms with Gasteiger partial charge in [-0.2, -0.15) is 18.7 Å². The number of nitrogens with zero attached hydrogens (tertiary/aromatic N) is 5. The van der Waals surface area contributed by atoms with Gasteiger partial charge in [0.15, 0.2) is 0 Å². The molecule has 3 rings (SSSR count). The van der Waals surface area contributed by atoms with Crippen LogP contribution in [0.1, 0.15) is 30.3 Å². The van der Waals surface area contributed by atoms with E-state index in [2.05, 4.69) is 20.3 Å². The number of amides is 1. The molecule has 0 aliphatic rings. The first kappa shape index (κ1) is 26.8. The van der Waals surface area contributed by atoms with Gasteiger partial charge < -0.3 is 21.3 Å². The first-order valence-electron chi connectivity index (χ1n) is 10.5. The van der Waals surface area contributed by atoms with Crippen molar-refractivity contribution in [3.63, 3.8) is 0 Å². The lowest BCUT2D eigenvalue weighted by Gasteiger charge is -2.20. The fourth-order valence-corrected chi connectivity index (χ4v) is 3.83. The minimum absolute atomic E-state index is 0.00963. The van der Waals surface area contributed by atoms with E-state index >= 15 is 0 Å². The second-order valence-corrected chi connectivity index (χ2v) is 8.99. The minimum atomic E-state index is -4.99. The van der Waals surface area contributed by atoms with E-state index < -0.39 is 28.8 Å². The molecule has 37 heavy (non-hydrogen) atoms. The van der Waals surface area contributed by atoms with Crippen LogP contribution >= 0.6 is 0 Å². The summed E-state index contributed by atoms with van der Waals surface area (Å²) in [4.78, 5) is 34.2. The zero-order valence-corrected chi connectivity index (χ0v) is 20.1. The monoisotopic (exact) mass is 527 g/mol. The number of carboxylic acid groups (broad SMARTS) is 1. The summed E-state index contributed by atoms with van der Waals surface area (Å²) in [6.07, 6.45) is -0.453. The third-order valence-electron chi connectivity index (χ3n) is 4.91. The van der Waals surface area contributed by atoms with E-state index in [9.17, 15) is 32.9 Å². The fourth-order valence-electron chi connectivity index (χ4n) is 3.25. The number of hydrogen-bond donors (Lipinski definition) is 5. The molecule has 0 fully saturated rings. The molecule has 0 atom stereocenters. The number of carboxylic acids is 1. The van der Waals surface area contributed by atoms with Crippen LogP contribution in [0.4, 0.5) is 17.5 Å². The van der Waals surface area contributed by atoms with Gasteiger partial charge in [-0.25, -0.2) is 9.29 Å². The highest BCUT2D eigenvalue weighted by Crippen LogP contribution is 2.29. The number of aromatic nitrogens is 3. The van der Waals surface area contributed by atoms with E-state index in [4.69, 9.17) is 10.8 Å². The zero-order chi connectivity index (χ0) is 27.3. The number of aromatic hydroxyl groups is 1. The Hall–Kier alpha value is -4.81. The number of pyridine rings is 1. The van der Waals surface area contributed by atoms with E-state index in [0.717, 1.165) is 0 Å². The van der Waals surface area contributed by atoms with Crippen LogP contribution in [0.25, 0.3) is 11.3 Å². The molecular formula is C22H21N7O7S. The van der Waals surface area contributed by atoms with Crippen molar-refractivity contribution < 1.29 is 32.8 Å². The third-order valence-corrected chi connectivity index (χ3v) is 5.76. The number of aryl methyl sites for hydroxylation is 1. The Balaban J connectivity index is 2.06. The number of nitriles is 1. The van der Waals surface area contributed by atoms with Crippen molar-refractivity contribution in [1.29, 1.82) is 5.26 Å². The van der Waals surface area contributed by atoms with Gasteiger partial charge in [-0.05, 0) is 24.3 Å². The van der Waals surface area contributed by atoms with Gasteiger partial charge in [0, 0.05) is 24.6 Å². The van der Waals surface area contributed by atoms with E-state index in [1.165, 1.54) is 43.3 Å². The molecule has 2 heterocycles. The summed E-state index contributed by atoms with van der Waals surface area (Å²) in [6.45, 7) is 0.729. The molecule has 1 aromatic carbocycles. The Bertz CT molecular complexity index is 1500. The number of rotatable bonds is 9. The van der Waals surface area contributed by atoms with Crippen LogP contribution in [-0.2, 0) is 32.9 Å². The molecule has 0 spiro atoms. The van der Waals surface area contributed by atoms with E-state index in [0.29, 0.717) is 15.6 Å². The SMILES string of the molecule is CC(=O)Nc1ccc(-c2nc(N(Cc3ccc(O)c(CCC(=O)O)n3)S(=O)(=O)O)nc(N)c2C#N)cc1. The lowest BCUT2D eigenvalue weighted by Crippen LogP contribution is -2.32. The largest absolute Gasteiger partial charge is 0.506 e. The molecule has 14 nitrogen and oxygen atoms in total. The highest BCUT2D eigenvalue weighted by atomic mass is 32.2. The minimum Gasteiger partial charge on any atom is -0.506 e. The summed E-state index contributed by atoms with van der Waals surface area (Å²) in [5.74, 6) is -2.63. The van der Waals surface area contributed by atoms with E-state index in [1.54, 1.807) is 0 Å². The number of nitrogens with two attached hydrogens (primary N) is 1. The summed E-state index contributed by atoms with van der Waals surface area (Å²) >= 11 is 0. The third kappa shape index (κ3) is 6.66. The number of benzene rings is 1. The van der Waals surface area contributed by atoms with Crippen LogP contribution in [-0.4, -0.2) is 50.0 Å². The van der Waals surface area contributed by atoms with Crippen molar-refractivity contribution in [1.82, 2.24) is 15.0 Å². The summed E-state index contributed by atoms with van der Waals surface area (Å²) in [5.41, 5.74) is 6.58. The average Bonchev–Trinajstić information content (AvgIpc) is 2.81. The predicted octanol–water partition coefficient (Wildman–Crippen LogP) is 1.48. The summed E-state index contributed by atoms with van der Waals surface area (Å²) < 4.78 is 34.8. The number of hydrogen-bond acceptors (Lipinski definition) is 10. The van der Waals surface area contributed by atoms with E-state index in [1.807, 2.05) is 6.07 Å². The molecule has 0 radical (unpaired) electrons.